The van der Waals surface area contributed by atoms with Crippen molar-refractivity contribution in [1.29, 1.82) is 0 Å². The molecule has 0 saturated heterocycles. The fraction of sp³-hybridized carbons (Fsp3) is 0.250. The van der Waals surface area contributed by atoms with E-state index in [9.17, 15) is 0 Å². The van der Waals surface area contributed by atoms with Crippen molar-refractivity contribution >= 4 is 17.3 Å². The Labute approximate surface area is 119 Å². The summed E-state index contributed by atoms with van der Waals surface area (Å²) in [7, 11) is 0. The molecule has 2 aromatic carbocycles. The van der Waals surface area contributed by atoms with Gasteiger partial charge in [0.1, 0.15) is 0 Å². The number of halogens is 1. The van der Waals surface area contributed by atoms with Crippen LogP contribution < -0.4 is 5.73 Å². The van der Waals surface area contributed by atoms with Crippen LogP contribution in [0.25, 0.3) is 0 Å². The van der Waals surface area contributed by atoms with Crippen LogP contribution in [0, 0.1) is 0 Å². The van der Waals surface area contributed by atoms with E-state index in [-0.39, 0.29) is 0 Å². The molecule has 2 N–H and O–H groups in total. The molecule has 0 aliphatic rings. The smallest absolute Gasteiger partial charge is 0.0426 e. The third-order valence-electron chi connectivity index (χ3n) is 2.91. The molecule has 0 bridgehead atoms. The molecule has 0 spiro atoms. The van der Waals surface area contributed by atoms with E-state index >= 15 is 0 Å². The molecule has 0 fully saturated rings. The van der Waals surface area contributed by atoms with Gasteiger partial charge in [-0.2, -0.15) is 0 Å². The van der Waals surface area contributed by atoms with Gasteiger partial charge in [-0.3, -0.25) is 0 Å². The minimum absolute atomic E-state index is 0.462. The van der Waals surface area contributed by atoms with Crippen LogP contribution in [0.5, 0.6) is 0 Å². The monoisotopic (exact) mass is 263 g/mol. The molecule has 94 valence electrons. The lowest BCUT2D eigenvalue weighted by molar-refractivity contribution is 0.848. The summed E-state index contributed by atoms with van der Waals surface area (Å²) in [6.45, 7) is -0.987. The second-order valence-corrected chi connectivity index (χ2v) is 4.74. The van der Waals surface area contributed by atoms with E-state index in [0.717, 1.165) is 11.1 Å². The van der Waals surface area contributed by atoms with Crippen molar-refractivity contribution in [2.45, 2.75) is 26.1 Å². The maximum Gasteiger partial charge on any atom is 0.0426 e. The summed E-state index contributed by atoms with van der Waals surface area (Å²) in [5.74, 6) is -1.68. The molecule has 0 aromatic heterocycles. The second-order valence-electron chi connectivity index (χ2n) is 4.30. The number of rotatable bonds is 3. The Kier molecular flexibility index (Phi) is 2.60. The molecular weight excluding hydrogens is 242 g/mol. The zero-order chi connectivity index (χ0) is 16.5. The number of nitrogens with two attached hydrogens (primary N) is 1. The van der Waals surface area contributed by atoms with Gasteiger partial charge in [0.15, 0.2) is 0 Å². The Hall–Kier alpha value is -1.47. The number of hydrogen-bond acceptors (Lipinski definition) is 1. The van der Waals surface area contributed by atoms with Crippen LogP contribution in [0.15, 0.2) is 42.5 Å². The van der Waals surface area contributed by atoms with E-state index in [1.165, 1.54) is 6.92 Å². The van der Waals surface area contributed by atoms with E-state index in [0.29, 0.717) is 22.7 Å². The molecule has 1 nitrogen and oxygen atoms in total. The van der Waals surface area contributed by atoms with Crippen LogP contribution in [0.4, 0.5) is 5.69 Å². The highest BCUT2D eigenvalue weighted by molar-refractivity contribution is 6.30. The summed E-state index contributed by atoms with van der Waals surface area (Å²) in [6, 6.07) is 12.4. The molecule has 0 radical (unpaired) electrons. The van der Waals surface area contributed by atoms with Crippen molar-refractivity contribution in [3.63, 3.8) is 0 Å². The van der Waals surface area contributed by atoms with Crippen molar-refractivity contribution in [3.05, 3.63) is 64.2 Å². The topological polar surface area (TPSA) is 26.0 Å². The molecule has 2 rings (SSSR count). The average molecular weight is 264 g/mol. The maximum atomic E-state index is 8.30. The highest BCUT2D eigenvalue weighted by Crippen LogP contribution is 2.25. The lowest BCUT2D eigenvalue weighted by Crippen LogP contribution is -2.00. The highest BCUT2D eigenvalue weighted by atomic mass is 35.5. The van der Waals surface area contributed by atoms with Gasteiger partial charge in [0.25, 0.3) is 0 Å². The maximum absolute atomic E-state index is 8.30. The average Bonchev–Trinajstić information content (AvgIpc) is 2.41. The Balaban J connectivity index is 2.45. The molecule has 1 atom stereocenters. The molecule has 0 aliphatic heterocycles. The fourth-order valence-corrected chi connectivity index (χ4v) is 2.15. The van der Waals surface area contributed by atoms with Crippen molar-refractivity contribution in [2.75, 3.05) is 5.73 Å². The molecular formula is C16H18ClN. The molecule has 2 heteroatoms. The molecule has 0 saturated carbocycles. The Morgan fingerprint density at radius 3 is 2.78 bits per heavy atom. The van der Waals surface area contributed by atoms with Gasteiger partial charge in [-0.05, 0) is 41.1 Å². The van der Waals surface area contributed by atoms with Crippen molar-refractivity contribution in [3.8, 4) is 0 Å². The van der Waals surface area contributed by atoms with Crippen LogP contribution in [-0.2, 0) is 6.42 Å². The van der Waals surface area contributed by atoms with Gasteiger partial charge in [-0.1, -0.05) is 55.7 Å². The van der Waals surface area contributed by atoms with E-state index in [4.69, 9.17) is 22.8 Å². The van der Waals surface area contributed by atoms with Gasteiger partial charge >= 0.3 is 0 Å². The third kappa shape index (κ3) is 2.85. The van der Waals surface area contributed by atoms with Gasteiger partial charge in [0, 0.05) is 16.2 Å². The number of hydrogen-bond donors (Lipinski definition) is 1. The van der Waals surface area contributed by atoms with E-state index in [1.807, 2.05) is 18.2 Å². The predicted molar refractivity (Wildman–Crippen MR) is 79.2 cm³/mol. The summed E-state index contributed by atoms with van der Waals surface area (Å²) in [5, 5.41) is 0.558. The lowest BCUT2D eigenvalue weighted by Gasteiger charge is -2.13. The van der Waals surface area contributed by atoms with Crippen LogP contribution in [0.3, 0.4) is 0 Å². The summed E-state index contributed by atoms with van der Waals surface area (Å²) >= 11 is 5.90. The zero-order valence-corrected chi connectivity index (χ0v) is 11.0. The van der Waals surface area contributed by atoms with E-state index in [1.54, 1.807) is 24.3 Å². The number of benzene rings is 2. The number of anilines is 1. The van der Waals surface area contributed by atoms with Gasteiger partial charge < -0.3 is 5.73 Å². The predicted octanol–water partition coefficient (Wildman–Crippen LogP) is 4.64. The molecule has 0 heterocycles. The van der Waals surface area contributed by atoms with Crippen LogP contribution in [0.1, 0.15) is 41.8 Å². The van der Waals surface area contributed by atoms with Crippen molar-refractivity contribution in [1.82, 2.24) is 0 Å². The fourth-order valence-electron chi connectivity index (χ4n) is 1.97. The first-order valence-electron chi connectivity index (χ1n) is 7.75. The first kappa shape index (κ1) is 8.60. The molecule has 0 amide bonds. The quantitative estimate of drug-likeness (QED) is 0.803. The second kappa shape index (κ2) is 5.45. The standard InChI is InChI=1S/C16H18ClN/c1-11(2)15-6-4-3-5-12(15)9-13-7-8-14(17)10-16(13)18/h3-8,10-11H,9,18H2,1-2H3/i1D3,11D. The van der Waals surface area contributed by atoms with Crippen molar-refractivity contribution in [2.24, 2.45) is 0 Å². The molecule has 0 aliphatic carbocycles. The summed E-state index contributed by atoms with van der Waals surface area (Å²) < 4.78 is 31.2. The molecule has 18 heavy (non-hydrogen) atoms. The third-order valence-corrected chi connectivity index (χ3v) is 3.15. The first-order chi connectivity index (χ1) is 10.1. The van der Waals surface area contributed by atoms with Gasteiger partial charge in [-0.25, -0.2) is 0 Å². The van der Waals surface area contributed by atoms with Crippen LogP contribution in [0.2, 0.25) is 5.02 Å². The first-order valence-corrected chi connectivity index (χ1v) is 6.13. The molecule has 2 aromatic rings. The SMILES string of the molecule is [2H]C([2H])([2H])C([2H])(C)c1ccccc1Cc1ccc(Cl)cc1N. The van der Waals surface area contributed by atoms with Gasteiger partial charge in [0.2, 0.25) is 0 Å². The summed E-state index contributed by atoms with van der Waals surface area (Å²) in [6.07, 6.45) is 0.462. The summed E-state index contributed by atoms with van der Waals surface area (Å²) in [4.78, 5) is 0. The van der Waals surface area contributed by atoms with E-state index < -0.39 is 12.7 Å². The van der Waals surface area contributed by atoms with Crippen LogP contribution >= 0.6 is 11.6 Å². The van der Waals surface area contributed by atoms with Crippen molar-refractivity contribution < 1.29 is 5.48 Å². The number of nitrogen functional groups attached to an aromatic ring is 1. The zero-order valence-electron chi connectivity index (χ0n) is 14.2. The van der Waals surface area contributed by atoms with Crippen LogP contribution in [-0.4, -0.2) is 0 Å². The normalized spacial score (nSPS) is 18.1. The summed E-state index contributed by atoms with van der Waals surface area (Å²) in [5.41, 5.74) is 8.66. The van der Waals surface area contributed by atoms with Gasteiger partial charge in [0.05, 0.1) is 0 Å². The Bertz CT molecular complexity index is 680. The minimum Gasteiger partial charge on any atom is -0.398 e. The lowest BCUT2D eigenvalue weighted by atomic mass is 9.93. The Morgan fingerprint density at radius 2 is 2.06 bits per heavy atom. The van der Waals surface area contributed by atoms with Gasteiger partial charge in [-0.15, -0.1) is 0 Å². The molecule has 1 unspecified atom stereocenters. The van der Waals surface area contributed by atoms with E-state index in [2.05, 4.69) is 0 Å². The largest absolute Gasteiger partial charge is 0.398 e. The highest BCUT2D eigenvalue weighted by Gasteiger charge is 2.08. The Morgan fingerprint density at radius 1 is 1.28 bits per heavy atom. The minimum atomic E-state index is -2.41.